The molecular formula is C10H7BrF4OS. The first-order valence-electron chi connectivity index (χ1n) is 4.43. The van der Waals surface area contributed by atoms with E-state index in [1.165, 1.54) is 6.07 Å². The molecule has 0 spiro atoms. The standard InChI is InChI=1S/C10H7BrF4OS/c11-5-8(16)2-6-1-7(12)4-9(3-6)17-10(13,14)15/h1,3-4H,2,5H2. The van der Waals surface area contributed by atoms with E-state index in [1.54, 1.807) is 0 Å². The lowest BCUT2D eigenvalue weighted by Gasteiger charge is -2.07. The number of carbonyl (C=O) groups excluding carboxylic acids is 1. The highest BCUT2D eigenvalue weighted by Gasteiger charge is 2.29. The maximum Gasteiger partial charge on any atom is 0.446 e. The Morgan fingerprint density at radius 1 is 1.29 bits per heavy atom. The molecule has 1 nitrogen and oxygen atoms in total. The summed E-state index contributed by atoms with van der Waals surface area (Å²) in [5.74, 6) is -1.00. The number of ketones is 1. The molecule has 0 N–H and O–H groups in total. The topological polar surface area (TPSA) is 17.1 Å². The molecule has 0 saturated carbocycles. The Morgan fingerprint density at radius 3 is 2.47 bits per heavy atom. The van der Waals surface area contributed by atoms with Crippen LogP contribution in [0.5, 0.6) is 0 Å². The van der Waals surface area contributed by atoms with Gasteiger partial charge in [-0.2, -0.15) is 13.2 Å². The van der Waals surface area contributed by atoms with Gasteiger partial charge in [-0.1, -0.05) is 15.9 Å². The van der Waals surface area contributed by atoms with Crippen LogP contribution >= 0.6 is 27.7 Å². The van der Waals surface area contributed by atoms with Crippen molar-refractivity contribution in [3.63, 3.8) is 0 Å². The molecule has 17 heavy (non-hydrogen) atoms. The molecule has 0 unspecified atom stereocenters. The zero-order valence-electron chi connectivity index (χ0n) is 8.35. The molecular weight excluding hydrogens is 324 g/mol. The van der Waals surface area contributed by atoms with E-state index in [2.05, 4.69) is 15.9 Å². The van der Waals surface area contributed by atoms with Crippen LogP contribution in [0.1, 0.15) is 5.56 Å². The van der Waals surface area contributed by atoms with Gasteiger partial charge in [-0.05, 0) is 35.5 Å². The van der Waals surface area contributed by atoms with E-state index < -0.39 is 23.1 Å². The molecule has 94 valence electrons. The molecule has 0 amide bonds. The van der Waals surface area contributed by atoms with Gasteiger partial charge in [0.05, 0.1) is 5.33 Å². The predicted octanol–water partition coefficient (Wildman–Crippen LogP) is 3.94. The summed E-state index contributed by atoms with van der Waals surface area (Å²) in [6, 6.07) is 3.02. The summed E-state index contributed by atoms with van der Waals surface area (Å²) < 4.78 is 49.4. The molecule has 0 radical (unpaired) electrons. The first kappa shape index (κ1) is 14.5. The SMILES string of the molecule is O=C(CBr)Cc1cc(F)cc(SC(F)(F)F)c1. The normalized spacial score (nSPS) is 11.6. The molecule has 0 saturated heterocycles. The number of carbonyl (C=O) groups is 1. The number of halogens is 5. The number of Topliss-reactive ketones (excluding diaryl/α,β-unsaturated/α-hetero) is 1. The van der Waals surface area contributed by atoms with Gasteiger partial charge < -0.3 is 0 Å². The summed E-state index contributed by atoms with van der Waals surface area (Å²) in [5.41, 5.74) is -4.23. The molecule has 1 rings (SSSR count). The second kappa shape index (κ2) is 5.86. The maximum atomic E-state index is 13.1. The van der Waals surface area contributed by atoms with Crippen molar-refractivity contribution in [2.24, 2.45) is 0 Å². The fourth-order valence-corrected chi connectivity index (χ4v) is 2.04. The quantitative estimate of drug-likeness (QED) is 0.472. The van der Waals surface area contributed by atoms with Crippen molar-refractivity contribution < 1.29 is 22.4 Å². The van der Waals surface area contributed by atoms with Crippen LogP contribution < -0.4 is 0 Å². The van der Waals surface area contributed by atoms with E-state index >= 15 is 0 Å². The van der Waals surface area contributed by atoms with Crippen LogP contribution in [-0.2, 0) is 11.2 Å². The van der Waals surface area contributed by atoms with Crippen LogP contribution in [-0.4, -0.2) is 16.6 Å². The Hall–Kier alpha value is -0.560. The van der Waals surface area contributed by atoms with E-state index in [1.807, 2.05) is 0 Å². The van der Waals surface area contributed by atoms with Crippen molar-refractivity contribution in [1.82, 2.24) is 0 Å². The van der Waals surface area contributed by atoms with Crippen molar-refractivity contribution in [3.8, 4) is 0 Å². The number of benzene rings is 1. The second-order valence-electron chi connectivity index (χ2n) is 3.19. The fraction of sp³-hybridized carbons (Fsp3) is 0.300. The average molecular weight is 331 g/mol. The van der Waals surface area contributed by atoms with Crippen molar-refractivity contribution in [3.05, 3.63) is 29.6 Å². The van der Waals surface area contributed by atoms with Gasteiger partial charge in [0.25, 0.3) is 0 Å². The Bertz CT molecular complexity index is 419. The van der Waals surface area contributed by atoms with Gasteiger partial charge in [0.15, 0.2) is 0 Å². The summed E-state index contributed by atoms with van der Waals surface area (Å²) in [7, 11) is 0. The number of rotatable bonds is 4. The van der Waals surface area contributed by atoms with Gasteiger partial charge >= 0.3 is 5.51 Å². The second-order valence-corrected chi connectivity index (χ2v) is 4.89. The van der Waals surface area contributed by atoms with Crippen LogP contribution in [0.25, 0.3) is 0 Å². The largest absolute Gasteiger partial charge is 0.446 e. The highest BCUT2D eigenvalue weighted by Crippen LogP contribution is 2.37. The predicted molar refractivity (Wildman–Crippen MR) is 60.8 cm³/mol. The van der Waals surface area contributed by atoms with Gasteiger partial charge in [0.1, 0.15) is 11.6 Å². The third-order valence-corrected chi connectivity index (χ3v) is 3.04. The van der Waals surface area contributed by atoms with Gasteiger partial charge in [-0.3, -0.25) is 4.79 Å². The Balaban J connectivity index is 2.90. The third kappa shape index (κ3) is 5.54. The van der Waals surface area contributed by atoms with Crippen LogP contribution in [0.3, 0.4) is 0 Å². The van der Waals surface area contributed by atoms with Gasteiger partial charge in [0, 0.05) is 11.3 Å². The Labute approximate surface area is 108 Å². The molecule has 0 heterocycles. The van der Waals surface area contributed by atoms with E-state index in [0.29, 0.717) is 0 Å². The van der Waals surface area contributed by atoms with Crippen LogP contribution in [0, 0.1) is 5.82 Å². The first-order chi connectivity index (χ1) is 7.80. The molecule has 0 aliphatic heterocycles. The number of hydrogen-bond donors (Lipinski definition) is 0. The van der Waals surface area contributed by atoms with E-state index in [-0.39, 0.29) is 28.0 Å². The summed E-state index contributed by atoms with van der Waals surface area (Å²) in [6.45, 7) is 0. The average Bonchev–Trinajstić information content (AvgIpc) is 2.13. The van der Waals surface area contributed by atoms with E-state index in [0.717, 1.165) is 12.1 Å². The zero-order valence-corrected chi connectivity index (χ0v) is 10.8. The van der Waals surface area contributed by atoms with E-state index in [9.17, 15) is 22.4 Å². The van der Waals surface area contributed by atoms with Gasteiger partial charge in [-0.15, -0.1) is 0 Å². The van der Waals surface area contributed by atoms with E-state index in [4.69, 9.17) is 0 Å². The highest BCUT2D eigenvalue weighted by atomic mass is 79.9. The summed E-state index contributed by atoms with van der Waals surface area (Å²) in [4.78, 5) is 10.8. The van der Waals surface area contributed by atoms with Gasteiger partial charge in [-0.25, -0.2) is 4.39 Å². The number of hydrogen-bond acceptors (Lipinski definition) is 2. The van der Waals surface area contributed by atoms with Gasteiger partial charge in [0.2, 0.25) is 0 Å². The minimum absolute atomic E-state index is 0.0886. The monoisotopic (exact) mass is 330 g/mol. The maximum absolute atomic E-state index is 13.1. The molecule has 0 aromatic heterocycles. The molecule has 0 aliphatic rings. The van der Waals surface area contributed by atoms with Crippen molar-refractivity contribution in [2.45, 2.75) is 16.8 Å². The lowest BCUT2D eigenvalue weighted by atomic mass is 10.1. The Kier molecular flexibility index (Phi) is 5.00. The summed E-state index contributed by atoms with van der Waals surface area (Å²) in [5, 5.41) is 0.0886. The third-order valence-electron chi connectivity index (χ3n) is 1.72. The number of alkyl halides is 4. The summed E-state index contributed by atoms with van der Waals surface area (Å²) >= 11 is 2.53. The van der Waals surface area contributed by atoms with Crippen LogP contribution in [0.4, 0.5) is 17.6 Å². The summed E-state index contributed by atoms with van der Waals surface area (Å²) in [6.07, 6.45) is -0.0889. The lowest BCUT2D eigenvalue weighted by Crippen LogP contribution is -2.05. The molecule has 0 bridgehead atoms. The van der Waals surface area contributed by atoms with Crippen LogP contribution in [0.15, 0.2) is 23.1 Å². The van der Waals surface area contributed by atoms with Crippen LogP contribution in [0.2, 0.25) is 0 Å². The molecule has 1 aromatic carbocycles. The van der Waals surface area contributed by atoms with Crippen molar-refractivity contribution in [1.29, 1.82) is 0 Å². The molecule has 0 atom stereocenters. The molecule has 0 aliphatic carbocycles. The molecule has 7 heteroatoms. The minimum atomic E-state index is -4.47. The number of thioether (sulfide) groups is 1. The van der Waals surface area contributed by atoms with Crippen molar-refractivity contribution in [2.75, 3.05) is 5.33 Å². The minimum Gasteiger partial charge on any atom is -0.298 e. The molecule has 1 aromatic rings. The van der Waals surface area contributed by atoms with Crippen molar-refractivity contribution >= 4 is 33.5 Å². The molecule has 0 fully saturated rings. The zero-order chi connectivity index (χ0) is 13.1. The fourth-order valence-electron chi connectivity index (χ4n) is 1.19. The Morgan fingerprint density at radius 2 is 1.94 bits per heavy atom. The first-order valence-corrected chi connectivity index (χ1v) is 6.37. The highest BCUT2D eigenvalue weighted by molar-refractivity contribution is 9.09. The smallest absolute Gasteiger partial charge is 0.298 e. The lowest BCUT2D eigenvalue weighted by molar-refractivity contribution is -0.115.